The summed E-state index contributed by atoms with van der Waals surface area (Å²) in [6, 6.07) is 11.3. The number of hydrogen-bond acceptors (Lipinski definition) is 4. The maximum absolute atomic E-state index is 12.3. The van der Waals surface area contributed by atoms with E-state index >= 15 is 0 Å². The lowest BCUT2D eigenvalue weighted by Gasteiger charge is -2.19. The van der Waals surface area contributed by atoms with Crippen molar-refractivity contribution in [2.45, 2.75) is 6.92 Å². The van der Waals surface area contributed by atoms with Gasteiger partial charge in [-0.25, -0.2) is 4.68 Å². The number of hydrogen-bond donors (Lipinski definition) is 2. The lowest BCUT2D eigenvalue weighted by Crippen LogP contribution is -2.36. The lowest BCUT2D eigenvalue weighted by molar-refractivity contribution is 0.0678. The van der Waals surface area contributed by atoms with Crippen LogP contribution in [0.5, 0.6) is 0 Å². The van der Waals surface area contributed by atoms with Gasteiger partial charge in [0.05, 0.1) is 18.9 Å². The van der Waals surface area contributed by atoms with Crippen molar-refractivity contribution in [3.8, 4) is 5.69 Å². The van der Waals surface area contributed by atoms with E-state index in [4.69, 9.17) is 10.2 Å². The number of nitrogens with zero attached hydrogens (tertiary/aromatic N) is 3. The minimum absolute atomic E-state index is 0.149. The molecule has 112 valence electrons. The van der Waals surface area contributed by atoms with Crippen molar-refractivity contribution >= 4 is 5.91 Å². The van der Waals surface area contributed by atoms with E-state index in [9.17, 15) is 4.79 Å². The van der Waals surface area contributed by atoms with E-state index in [-0.39, 0.29) is 32.2 Å². The van der Waals surface area contributed by atoms with Gasteiger partial charge in [0, 0.05) is 18.8 Å². The Balaban J connectivity index is 2.27. The number of amides is 1. The Bertz CT molecular complexity index is 589. The quantitative estimate of drug-likeness (QED) is 0.816. The Labute approximate surface area is 123 Å². The zero-order valence-electron chi connectivity index (χ0n) is 11.9. The minimum atomic E-state index is -0.295. The molecule has 0 radical (unpaired) electrons. The van der Waals surface area contributed by atoms with Gasteiger partial charge in [0.15, 0.2) is 5.69 Å². The highest BCUT2D eigenvalue weighted by molar-refractivity contribution is 5.92. The molecule has 2 N–H and O–H groups in total. The average Bonchev–Trinajstić information content (AvgIpc) is 2.89. The standard InChI is InChI=1S/C15H19N3O3/c1-12-11-14(15(21)17(7-9-19)8-10-20)16-18(12)13-5-3-2-4-6-13/h2-6,11,19-20H,7-10H2,1H3. The van der Waals surface area contributed by atoms with Crippen LogP contribution in [0.4, 0.5) is 0 Å². The summed E-state index contributed by atoms with van der Waals surface area (Å²) in [6.07, 6.45) is 0. The third-order valence-electron chi connectivity index (χ3n) is 3.13. The number of aliphatic hydroxyl groups is 2. The van der Waals surface area contributed by atoms with E-state index in [2.05, 4.69) is 5.10 Å². The van der Waals surface area contributed by atoms with Crippen LogP contribution in [0.1, 0.15) is 16.2 Å². The first-order valence-electron chi connectivity index (χ1n) is 6.80. The van der Waals surface area contributed by atoms with Gasteiger partial charge in [0.1, 0.15) is 0 Å². The first-order valence-corrected chi connectivity index (χ1v) is 6.80. The fraction of sp³-hybridized carbons (Fsp3) is 0.333. The Morgan fingerprint density at radius 2 is 1.81 bits per heavy atom. The van der Waals surface area contributed by atoms with Gasteiger partial charge < -0.3 is 15.1 Å². The number of aromatic nitrogens is 2. The third-order valence-corrected chi connectivity index (χ3v) is 3.13. The van der Waals surface area contributed by atoms with Gasteiger partial charge in [-0.2, -0.15) is 5.10 Å². The highest BCUT2D eigenvalue weighted by Crippen LogP contribution is 2.13. The molecular weight excluding hydrogens is 270 g/mol. The molecule has 0 aliphatic heterocycles. The summed E-state index contributed by atoms with van der Waals surface area (Å²) in [4.78, 5) is 13.7. The van der Waals surface area contributed by atoms with Gasteiger partial charge in [0.2, 0.25) is 0 Å². The number of para-hydroxylation sites is 1. The van der Waals surface area contributed by atoms with Gasteiger partial charge in [-0.15, -0.1) is 0 Å². The van der Waals surface area contributed by atoms with E-state index < -0.39 is 0 Å². The van der Waals surface area contributed by atoms with Crippen LogP contribution in [0, 0.1) is 6.92 Å². The molecule has 1 aromatic heterocycles. The number of carbonyl (C=O) groups is 1. The smallest absolute Gasteiger partial charge is 0.274 e. The lowest BCUT2D eigenvalue weighted by atomic mass is 10.3. The zero-order chi connectivity index (χ0) is 15.2. The molecule has 0 fully saturated rings. The Morgan fingerprint density at radius 3 is 2.38 bits per heavy atom. The monoisotopic (exact) mass is 289 g/mol. The van der Waals surface area contributed by atoms with E-state index in [0.29, 0.717) is 5.69 Å². The molecule has 1 heterocycles. The molecule has 1 amide bonds. The van der Waals surface area contributed by atoms with Gasteiger partial charge in [0.25, 0.3) is 5.91 Å². The van der Waals surface area contributed by atoms with E-state index in [1.807, 2.05) is 37.3 Å². The van der Waals surface area contributed by atoms with E-state index in [0.717, 1.165) is 11.4 Å². The van der Waals surface area contributed by atoms with Crippen LogP contribution in [0.2, 0.25) is 0 Å². The number of rotatable bonds is 6. The number of aryl methyl sites for hydroxylation is 1. The summed E-state index contributed by atoms with van der Waals surface area (Å²) in [5.41, 5.74) is 2.03. The molecule has 1 aromatic carbocycles. The van der Waals surface area contributed by atoms with Gasteiger partial charge in [-0.3, -0.25) is 4.79 Å². The highest BCUT2D eigenvalue weighted by atomic mass is 16.3. The molecule has 0 aliphatic rings. The van der Waals surface area contributed by atoms with Crippen LogP contribution in [0.3, 0.4) is 0 Å². The fourth-order valence-electron chi connectivity index (χ4n) is 2.13. The summed E-state index contributed by atoms with van der Waals surface area (Å²) in [7, 11) is 0. The van der Waals surface area contributed by atoms with Crippen molar-refractivity contribution in [3.63, 3.8) is 0 Å². The van der Waals surface area contributed by atoms with Crippen LogP contribution < -0.4 is 0 Å². The molecular formula is C15H19N3O3. The second-order valence-electron chi connectivity index (χ2n) is 4.66. The first kappa shape index (κ1) is 15.2. The van der Waals surface area contributed by atoms with Gasteiger partial charge >= 0.3 is 0 Å². The molecule has 2 rings (SSSR count). The molecule has 0 atom stereocenters. The summed E-state index contributed by atoms with van der Waals surface area (Å²) < 4.78 is 1.70. The van der Waals surface area contributed by atoms with Crippen molar-refractivity contribution in [1.82, 2.24) is 14.7 Å². The summed E-state index contributed by atoms with van der Waals surface area (Å²) in [5.74, 6) is -0.295. The predicted octanol–water partition coefficient (Wildman–Crippen LogP) is 0.608. The van der Waals surface area contributed by atoms with Crippen LogP contribution >= 0.6 is 0 Å². The topological polar surface area (TPSA) is 78.6 Å². The maximum atomic E-state index is 12.3. The molecule has 6 nitrogen and oxygen atoms in total. The number of aliphatic hydroxyl groups excluding tert-OH is 2. The van der Waals surface area contributed by atoms with Crippen molar-refractivity contribution in [1.29, 1.82) is 0 Å². The summed E-state index contributed by atoms with van der Waals surface area (Å²) in [6.45, 7) is 1.93. The van der Waals surface area contributed by atoms with E-state index in [1.54, 1.807) is 10.7 Å². The van der Waals surface area contributed by atoms with Crippen molar-refractivity contribution < 1.29 is 15.0 Å². The molecule has 0 aliphatic carbocycles. The number of carbonyl (C=O) groups excluding carboxylic acids is 1. The van der Waals surface area contributed by atoms with Crippen molar-refractivity contribution in [2.24, 2.45) is 0 Å². The van der Waals surface area contributed by atoms with Gasteiger partial charge in [-0.1, -0.05) is 18.2 Å². The molecule has 2 aromatic rings. The molecule has 0 saturated heterocycles. The maximum Gasteiger partial charge on any atom is 0.274 e. The largest absolute Gasteiger partial charge is 0.395 e. The summed E-state index contributed by atoms with van der Waals surface area (Å²) in [5, 5.41) is 22.3. The normalized spacial score (nSPS) is 10.6. The Kier molecular flexibility index (Phi) is 5.08. The van der Waals surface area contributed by atoms with E-state index in [1.165, 1.54) is 4.90 Å². The van der Waals surface area contributed by atoms with Crippen LogP contribution in [-0.4, -0.2) is 57.1 Å². The van der Waals surface area contributed by atoms with Gasteiger partial charge in [-0.05, 0) is 25.1 Å². The second-order valence-corrected chi connectivity index (χ2v) is 4.66. The molecule has 0 unspecified atom stereocenters. The Morgan fingerprint density at radius 1 is 1.19 bits per heavy atom. The minimum Gasteiger partial charge on any atom is -0.395 e. The SMILES string of the molecule is Cc1cc(C(=O)N(CCO)CCO)nn1-c1ccccc1. The predicted molar refractivity (Wildman–Crippen MR) is 78.4 cm³/mol. The second kappa shape index (κ2) is 7.01. The van der Waals surface area contributed by atoms with Crippen molar-refractivity contribution in [3.05, 3.63) is 47.8 Å². The third kappa shape index (κ3) is 3.48. The van der Waals surface area contributed by atoms with Crippen LogP contribution in [0.15, 0.2) is 36.4 Å². The van der Waals surface area contributed by atoms with Crippen LogP contribution in [0.25, 0.3) is 5.69 Å². The molecule has 0 saturated carbocycles. The number of benzene rings is 1. The van der Waals surface area contributed by atoms with Crippen LogP contribution in [-0.2, 0) is 0 Å². The fourth-order valence-corrected chi connectivity index (χ4v) is 2.13. The molecule has 21 heavy (non-hydrogen) atoms. The molecule has 0 spiro atoms. The summed E-state index contributed by atoms with van der Waals surface area (Å²) >= 11 is 0. The highest BCUT2D eigenvalue weighted by Gasteiger charge is 2.19. The molecule has 0 bridgehead atoms. The Hall–Kier alpha value is -2.18. The first-order chi connectivity index (χ1) is 10.2. The average molecular weight is 289 g/mol. The molecule has 6 heteroatoms. The van der Waals surface area contributed by atoms with Crippen molar-refractivity contribution in [2.75, 3.05) is 26.3 Å². The zero-order valence-corrected chi connectivity index (χ0v) is 11.9.